The highest BCUT2D eigenvalue weighted by molar-refractivity contribution is 14.0. The molecule has 2 aliphatic rings. The lowest BCUT2D eigenvalue weighted by atomic mass is 10.2. The number of methoxy groups -OCH3 is 1. The van der Waals surface area contributed by atoms with E-state index in [-0.39, 0.29) is 24.0 Å². The molecule has 2 unspecified atom stereocenters. The highest BCUT2D eigenvalue weighted by Gasteiger charge is 2.25. The zero-order valence-electron chi connectivity index (χ0n) is 18.1. The lowest BCUT2D eigenvalue weighted by molar-refractivity contribution is -0.0175. The molecule has 8 heteroatoms. The Kier molecular flexibility index (Phi) is 9.78. The van der Waals surface area contributed by atoms with Crippen LogP contribution in [0.15, 0.2) is 29.3 Å². The molecule has 0 bridgehead atoms. The fourth-order valence-corrected chi connectivity index (χ4v) is 4.07. The van der Waals surface area contributed by atoms with E-state index in [1.165, 1.54) is 5.69 Å². The number of hydrogen-bond acceptors (Lipinski definition) is 5. The number of guanidine groups is 1. The van der Waals surface area contributed by atoms with Crippen molar-refractivity contribution >= 4 is 35.6 Å². The number of rotatable bonds is 5. The predicted octanol–water partition coefficient (Wildman–Crippen LogP) is 2.12. The van der Waals surface area contributed by atoms with E-state index in [9.17, 15) is 0 Å². The van der Waals surface area contributed by atoms with Crippen molar-refractivity contribution in [3.05, 3.63) is 24.3 Å². The largest absolute Gasteiger partial charge is 0.497 e. The minimum Gasteiger partial charge on any atom is -0.497 e. The third kappa shape index (κ3) is 6.36. The van der Waals surface area contributed by atoms with Crippen LogP contribution in [0.3, 0.4) is 0 Å². The van der Waals surface area contributed by atoms with Crippen LogP contribution in [0.25, 0.3) is 0 Å². The topological polar surface area (TPSA) is 52.6 Å². The molecule has 2 atom stereocenters. The van der Waals surface area contributed by atoms with Gasteiger partial charge < -0.3 is 24.6 Å². The Morgan fingerprint density at radius 2 is 2.03 bits per heavy atom. The van der Waals surface area contributed by atoms with Crippen LogP contribution in [0.1, 0.15) is 13.8 Å². The van der Waals surface area contributed by atoms with E-state index in [1.807, 2.05) is 13.1 Å². The van der Waals surface area contributed by atoms with Gasteiger partial charge in [0.25, 0.3) is 0 Å². The summed E-state index contributed by atoms with van der Waals surface area (Å²) in [6.45, 7) is 11.9. The molecular weight excluding hydrogens is 481 g/mol. The minimum absolute atomic E-state index is 0. The summed E-state index contributed by atoms with van der Waals surface area (Å²) in [5.41, 5.74) is 1.22. The van der Waals surface area contributed by atoms with Gasteiger partial charge >= 0.3 is 0 Å². The van der Waals surface area contributed by atoms with Crippen LogP contribution in [0.4, 0.5) is 5.69 Å². The number of piperazine rings is 1. The van der Waals surface area contributed by atoms with Gasteiger partial charge in [0.15, 0.2) is 5.96 Å². The number of ether oxygens (including phenoxy) is 2. The number of nitrogens with zero attached hydrogens (tertiary/aromatic N) is 4. The molecule has 7 nitrogen and oxygen atoms in total. The predicted molar refractivity (Wildman–Crippen MR) is 130 cm³/mol. The van der Waals surface area contributed by atoms with Crippen LogP contribution in [0.2, 0.25) is 0 Å². The first-order valence-electron chi connectivity index (χ1n) is 10.3. The summed E-state index contributed by atoms with van der Waals surface area (Å²) >= 11 is 0. The maximum Gasteiger partial charge on any atom is 0.193 e. The molecule has 1 aromatic rings. The molecule has 0 radical (unpaired) electrons. The summed E-state index contributed by atoms with van der Waals surface area (Å²) in [6.07, 6.45) is 0. The molecule has 2 aliphatic heterocycles. The van der Waals surface area contributed by atoms with Gasteiger partial charge in [-0.3, -0.25) is 9.89 Å². The Morgan fingerprint density at radius 3 is 2.69 bits per heavy atom. The molecule has 0 saturated carbocycles. The fourth-order valence-electron chi connectivity index (χ4n) is 4.07. The maximum atomic E-state index is 5.56. The Balaban J connectivity index is 0.00000300. The summed E-state index contributed by atoms with van der Waals surface area (Å²) in [5.74, 6) is 1.90. The fraction of sp³-hybridized carbons (Fsp3) is 0.667. The average Bonchev–Trinajstić information content (AvgIpc) is 2.75. The first kappa shape index (κ1) is 24.0. The maximum absolute atomic E-state index is 5.56. The van der Waals surface area contributed by atoms with Gasteiger partial charge in [-0.05, 0) is 26.0 Å². The van der Waals surface area contributed by atoms with E-state index >= 15 is 0 Å². The van der Waals surface area contributed by atoms with E-state index in [0.717, 1.165) is 64.2 Å². The zero-order chi connectivity index (χ0) is 19.9. The number of anilines is 1. The van der Waals surface area contributed by atoms with Gasteiger partial charge in [0.05, 0.1) is 20.3 Å². The summed E-state index contributed by atoms with van der Waals surface area (Å²) in [5, 5.41) is 3.58. The lowest BCUT2D eigenvalue weighted by Gasteiger charge is -2.40. The highest BCUT2D eigenvalue weighted by atomic mass is 127. The van der Waals surface area contributed by atoms with Crippen LogP contribution < -0.4 is 15.0 Å². The molecule has 2 saturated heterocycles. The van der Waals surface area contributed by atoms with E-state index in [0.29, 0.717) is 12.1 Å². The van der Waals surface area contributed by atoms with Crippen molar-refractivity contribution in [2.75, 3.05) is 71.5 Å². The van der Waals surface area contributed by atoms with Crippen LogP contribution in [-0.2, 0) is 4.74 Å². The average molecular weight is 517 g/mol. The van der Waals surface area contributed by atoms with Gasteiger partial charge in [0.1, 0.15) is 5.75 Å². The van der Waals surface area contributed by atoms with Crippen LogP contribution in [0, 0.1) is 0 Å². The monoisotopic (exact) mass is 517 g/mol. The zero-order valence-corrected chi connectivity index (χ0v) is 20.5. The molecule has 29 heavy (non-hydrogen) atoms. The molecule has 0 spiro atoms. The number of halogens is 1. The van der Waals surface area contributed by atoms with E-state index < -0.39 is 0 Å². The Bertz CT molecular complexity index is 652. The van der Waals surface area contributed by atoms with Crippen LogP contribution in [-0.4, -0.2) is 94.5 Å². The third-order valence-electron chi connectivity index (χ3n) is 5.75. The molecule has 0 aliphatic carbocycles. The van der Waals surface area contributed by atoms with Crippen molar-refractivity contribution in [2.45, 2.75) is 25.9 Å². The standard InChI is InChI=1S/C21H35N5O2.HI/c1-17(26-12-13-28-16-18(26)2)15-23-21(22-3)25-10-8-24(9-11-25)19-6-5-7-20(14-19)27-4;/h5-7,14,17-18H,8-13,15-16H2,1-4H3,(H,22,23);1H. The van der Waals surface area contributed by atoms with Crippen molar-refractivity contribution in [1.82, 2.24) is 15.1 Å². The van der Waals surface area contributed by atoms with Crippen molar-refractivity contribution < 1.29 is 9.47 Å². The van der Waals surface area contributed by atoms with Crippen molar-refractivity contribution in [3.63, 3.8) is 0 Å². The molecule has 2 heterocycles. The van der Waals surface area contributed by atoms with Crippen molar-refractivity contribution in [3.8, 4) is 5.75 Å². The Labute approximate surface area is 192 Å². The summed E-state index contributed by atoms with van der Waals surface area (Å²) in [4.78, 5) is 11.8. The van der Waals surface area contributed by atoms with Gasteiger partial charge in [0, 0.05) is 70.2 Å². The minimum atomic E-state index is 0. The second-order valence-corrected chi connectivity index (χ2v) is 7.61. The van der Waals surface area contributed by atoms with Crippen LogP contribution >= 0.6 is 24.0 Å². The number of aliphatic imine (C=N–C) groups is 1. The van der Waals surface area contributed by atoms with Gasteiger partial charge in [0.2, 0.25) is 0 Å². The summed E-state index contributed by atoms with van der Waals surface area (Å²) in [7, 11) is 3.59. The number of morpholine rings is 1. The highest BCUT2D eigenvalue weighted by Crippen LogP contribution is 2.22. The van der Waals surface area contributed by atoms with Gasteiger partial charge in [-0.15, -0.1) is 24.0 Å². The normalized spacial score (nSPS) is 22.1. The first-order chi connectivity index (χ1) is 13.6. The molecule has 2 fully saturated rings. The van der Waals surface area contributed by atoms with Gasteiger partial charge in [-0.25, -0.2) is 0 Å². The second kappa shape index (κ2) is 11.8. The molecule has 1 N–H and O–H groups in total. The summed E-state index contributed by atoms with van der Waals surface area (Å²) < 4.78 is 10.9. The van der Waals surface area contributed by atoms with Gasteiger partial charge in [-0.2, -0.15) is 0 Å². The number of hydrogen-bond donors (Lipinski definition) is 1. The lowest BCUT2D eigenvalue weighted by Crippen LogP contribution is -2.56. The molecule has 0 aromatic heterocycles. The molecule has 0 amide bonds. The smallest absolute Gasteiger partial charge is 0.193 e. The Morgan fingerprint density at radius 1 is 1.28 bits per heavy atom. The van der Waals surface area contributed by atoms with E-state index in [2.05, 4.69) is 57.1 Å². The van der Waals surface area contributed by atoms with E-state index in [4.69, 9.17) is 9.47 Å². The Hall–Kier alpha value is -1.26. The summed E-state index contributed by atoms with van der Waals surface area (Å²) in [6, 6.07) is 9.22. The number of benzene rings is 1. The number of nitrogens with one attached hydrogen (secondary N) is 1. The quantitative estimate of drug-likeness (QED) is 0.367. The van der Waals surface area contributed by atoms with Crippen molar-refractivity contribution in [2.24, 2.45) is 4.99 Å². The molecule has 1 aromatic carbocycles. The van der Waals surface area contributed by atoms with E-state index in [1.54, 1.807) is 7.11 Å². The molecule has 3 rings (SSSR count). The first-order valence-corrected chi connectivity index (χ1v) is 10.3. The molecular formula is C21H36IN5O2. The van der Waals surface area contributed by atoms with Crippen molar-refractivity contribution in [1.29, 1.82) is 0 Å². The third-order valence-corrected chi connectivity index (χ3v) is 5.75. The second-order valence-electron chi connectivity index (χ2n) is 7.61. The van der Waals surface area contributed by atoms with Gasteiger partial charge in [-0.1, -0.05) is 6.07 Å². The molecule has 164 valence electrons. The van der Waals surface area contributed by atoms with Crippen LogP contribution in [0.5, 0.6) is 5.75 Å². The SMILES string of the molecule is CN=C(NCC(C)N1CCOCC1C)N1CCN(c2cccc(OC)c2)CC1.I.